The predicted molar refractivity (Wildman–Crippen MR) is 45.3 cm³/mol. The van der Waals surface area contributed by atoms with Crippen LogP contribution in [0.1, 0.15) is 5.56 Å². The maximum absolute atomic E-state index is 11.8. The van der Waals surface area contributed by atoms with Crippen molar-refractivity contribution in [1.82, 2.24) is 4.98 Å². The molecule has 0 aromatic carbocycles. The van der Waals surface area contributed by atoms with Crippen LogP contribution in [0, 0.1) is 0 Å². The van der Waals surface area contributed by atoms with Gasteiger partial charge in [-0.05, 0) is 6.07 Å². The van der Waals surface area contributed by atoms with Gasteiger partial charge in [-0.25, -0.2) is 4.98 Å². The van der Waals surface area contributed by atoms with Crippen molar-refractivity contribution in [3.05, 3.63) is 23.9 Å². The number of alkyl halides is 4. The average molecular weight is 226 g/mol. The van der Waals surface area contributed by atoms with E-state index in [0.717, 1.165) is 0 Å². The molecule has 0 radical (unpaired) electrons. The molecule has 0 spiro atoms. The van der Waals surface area contributed by atoms with Gasteiger partial charge in [0.05, 0.1) is 5.88 Å². The lowest BCUT2D eigenvalue weighted by Gasteiger charge is -2.10. The van der Waals surface area contributed by atoms with Gasteiger partial charge in [0.2, 0.25) is 5.88 Å². The van der Waals surface area contributed by atoms with Crippen LogP contribution in [0.4, 0.5) is 13.2 Å². The van der Waals surface area contributed by atoms with Gasteiger partial charge in [0.25, 0.3) is 0 Å². The highest BCUT2D eigenvalue weighted by Crippen LogP contribution is 2.20. The molecule has 6 heteroatoms. The van der Waals surface area contributed by atoms with Gasteiger partial charge < -0.3 is 4.74 Å². The van der Waals surface area contributed by atoms with E-state index in [-0.39, 0.29) is 11.8 Å². The molecule has 0 unspecified atom stereocenters. The van der Waals surface area contributed by atoms with Crippen LogP contribution in [-0.2, 0) is 5.88 Å². The molecule has 1 heterocycles. The van der Waals surface area contributed by atoms with E-state index >= 15 is 0 Å². The second-order valence-electron chi connectivity index (χ2n) is 2.51. The Morgan fingerprint density at radius 1 is 1.43 bits per heavy atom. The molecular formula is C8H7ClF3NO. The number of hydrogen-bond donors (Lipinski definition) is 0. The van der Waals surface area contributed by atoms with Crippen LogP contribution in [0.25, 0.3) is 0 Å². The molecule has 0 fully saturated rings. The quantitative estimate of drug-likeness (QED) is 0.738. The van der Waals surface area contributed by atoms with Gasteiger partial charge in [-0.15, -0.1) is 11.6 Å². The van der Waals surface area contributed by atoms with Gasteiger partial charge >= 0.3 is 6.18 Å². The van der Waals surface area contributed by atoms with E-state index in [2.05, 4.69) is 9.72 Å². The van der Waals surface area contributed by atoms with Crippen LogP contribution in [-0.4, -0.2) is 17.8 Å². The lowest BCUT2D eigenvalue weighted by atomic mass is 10.3. The third-order valence-corrected chi connectivity index (χ3v) is 1.65. The fourth-order valence-electron chi connectivity index (χ4n) is 0.806. The zero-order chi connectivity index (χ0) is 10.6. The standard InChI is InChI=1S/C8H7ClF3NO/c9-4-6-2-1-3-13-7(6)14-5-8(10,11)12/h1-3H,4-5H2. The summed E-state index contributed by atoms with van der Waals surface area (Å²) in [4.78, 5) is 3.65. The van der Waals surface area contributed by atoms with Crippen molar-refractivity contribution in [2.45, 2.75) is 12.1 Å². The molecule has 0 bridgehead atoms. The number of ether oxygens (including phenoxy) is 1. The zero-order valence-corrected chi connectivity index (χ0v) is 7.77. The van der Waals surface area contributed by atoms with Crippen molar-refractivity contribution in [3.8, 4) is 5.88 Å². The minimum Gasteiger partial charge on any atom is -0.468 e. The summed E-state index contributed by atoms with van der Waals surface area (Å²) in [6, 6.07) is 3.14. The summed E-state index contributed by atoms with van der Waals surface area (Å²) in [5, 5.41) is 0. The van der Waals surface area contributed by atoms with Crippen molar-refractivity contribution >= 4 is 11.6 Å². The first-order chi connectivity index (χ1) is 6.53. The molecule has 0 aliphatic carbocycles. The highest BCUT2D eigenvalue weighted by Gasteiger charge is 2.28. The first-order valence-corrected chi connectivity index (χ1v) is 4.26. The minimum absolute atomic E-state index is 0.0696. The Bertz CT molecular complexity index is 303. The SMILES string of the molecule is FC(F)(F)COc1ncccc1CCl. The number of halogens is 4. The molecule has 0 N–H and O–H groups in total. The molecule has 1 rings (SSSR count). The topological polar surface area (TPSA) is 22.1 Å². The lowest BCUT2D eigenvalue weighted by molar-refractivity contribution is -0.154. The van der Waals surface area contributed by atoms with E-state index in [1.165, 1.54) is 6.20 Å². The summed E-state index contributed by atoms with van der Waals surface area (Å²) in [7, 11) is 0. The summed E-state index contributed by atoms with van der Waals surface area (Å²) in [6.45, 7) is -1.35. The lowest BCUT2D eigenvalue weighted by Crippen LogP contribution is -2.20. The van der Waals surface area contributed by atoms with E-state index in [1.807, 2.05) is 0 Å². The highest BCUT2D eigenvalue weighted by molar-refractivity contribution is 6.17. The molecule has 1 aromatic heterocycles. The van der Waals surface area contributed by atoms with E-state index in [0.29, 0.717) is 5.56 Å². The van der Waals surface area contributed by atoms with Gasteiger partial charge in [0.15, 0.2) is 6.61 Å². The largest absolute Gasteiger partial charge is 0.468 e. The highest BCUT2D eigenvalue weighted by atomic mass is 35.5. The summed E-state index contributed by atoms with van der Waals surface area (Å²) in [6.07, 6.45) is -3.01. The Hall–Kier alpha value is -0.970. The molecule has 0 aliphatic heterocycles. The van der Waals surface area contributed by atoms with Gasteiger partial charge in [-0.1, -0.05) is 6.07 Å². The van der Waals surface area contributed by atoms with Gasteiger partial charge in [-0.2, -0.15) is 13.2 Å². The van der Waals surface area contributed by atoms with E-state index < -0.39 is 12.8 Å². The molecule has 0 aliphatic rings. The fourth-order valence-corrected chi connectivity index (χ4v) is 1.01. The Morgan fingerprint density at radius 3 is 2.71 bits per heavy atom. The summed E-state index contributed by atoms with van der Waals surface area (Å²) in [5.74, 6) is 0.000860. The predicted octanol–water partition coefficient (Wildman–Crippen LogP) is 2.76. The number of hydrogen-bond acceptors (Lipinski definition) is 2. The third-order valence-electron chi connectivity index (χ3n) is 1.37. The van der Waals surface area contributed by atoms with Gasteiger partial charge in [0, 0.05) is 11.8 Å². The molecule has 0 saturated carbocycles. The molecule has 0 amide bonds. The second-order valence-corrected chi connectivity index (χ2v) is 2.77. The first-order valence-electron chi connectivity index (χ1n) is 3.72. The first kappa shape index (κ1) is 11.1. The van der Waals surface area contributed by atoms with Crippen LogP contribution >= 0.6 is 11.6 Å². The Kier molecular flexibility index (Phi) is 3.57. The van der Waals surface area contributed by atoms with Gasteiger partial charge in [-0.3, -0.25) is 0 Å². The molecule has 0 atom stereocenters. The number of aromatic nitrogens is 1. The zero-order valence-electron chi connectivity index (χ0n) is 7.01. The van der Waals surface area contributed by atoms with Crippen LogP contribution < -0.4 is 4.74 Å². The molecule has 1 aromatic rings. The summed E-state index contributed by atoms with van der Waals surface area (Å²) < 4.78 is 39.8. The second kappa shape index (κ2) is 4.50. The van der Waals surface area contributed by atoms with E-state index in [9.17, 15) is 13.2 Å². The third kappa shape index (κ3) is 3.41. The normalized spacial score (nSPS) is 11.4. The maximum Gasteiger partial charge on any atom is 0.422 e. The molecular weight excluding hydrogens is 219 g/mol. The van der Waals surface area contributed by atoms with Gasteiger partial charge in [0.1, 0.15) is 0 Å². The van der Waals surface area contributed by atoms with Crippen molar-refractivity contribution in [2.75, 3.05) is 6.61 Å². The van der Waals surface area contributed by atoms with Crippen LogP contribution in [0.2, 0.25) is 0 Å². The smallest absolute Gasteiger partial charge is 0.422 e. The number of rotatable bonds is 3. The van der Waals surface area contributed by atoms with Crippen molar-refractivity contribution < 1.29 is 17.9 Å². The van der Waals surface area contributed by atoms with E-state index in [4.69, 9.17) is 11.6 Å². The van der Waals surface area contributed by atoms with Crippen LogP contribution in [0.3, 0.4) is 0 Å². The monoisotopic (exact) mass is 225 g/mol. The summed E-state index contributed by atoms with van der Waals surface area (Å²) >= 11 is 5.48. The average Bonchev–Trinajstić information content (AvgIpc) is 2.14. The van der Waals surface area contributed by atoms with Crippen molar-refractivity contribution in [3.63, 3.8) is 0 Å². The van der Waals surface area contributed by atoms with Crippen LogP contribution in [0.5, 0.6) is 5.88 Å². The Morgan fingerprint density at radius 2 is 2.14 bits per heavy atom. The molecule has 2 nitrogen and oxygen atoms in total. The number of nitrogens with zero attached hydrogens (tertiary/aromatic N) is 1. The molecule has 0 saturated heterocycles. The van der Waals surface area contributed by atoms with Crippen molar-refractivity contribution in [1.29, 1.82) is 0 Å². The maximum atomic E-state index is 11.8. The Balaban J connectivity index is 2.67. The van der Waals surface area contributed by atoms with E-state index in [1.54, 1.807) is 12.1 Å². The Labute approximate surface area is 83.7 Å². The number of pyridine rings is 1. The molecule has 78 valence electrons. The summed E-state index contributed by atoms with van der Waals surface area (Å²) in [5.41, 5.74) is 0.443. The minimum atomic E-state index is -4.36. The molecule has 14 heavy (non-hydrogen) atoms. The van der Waals surface area contributed by atoms with Crippen molar-refractivity contribution in [2.24, 2.45) is 0 Å². The van der Waals surface area contributed by atoms with Crippen LogP contribution in [0.15, 0.2) is 18.3 Å². The fraction of sp³-hybridized carbons (Fsp3) is 0.375.